The van der Waals surface area contributed by atoms with Crippen LogP contribution in [0.4, 0.5) is 20.5 Å². The summed E-state index contributed by atoms with van der Waals surface area (Å²) in [6.07, 6.45) is 0. The van der Waals surface area contributed by atoms with Crippen molar-refractivity contribution in [2.45, 2.75) is 13.2 Å². The molecular formula is C12H11ClF2N4O. The molecule has 106 valence electrons. The average molecular weight is 301 g/mol. The van der Waals surface area contributed by atoms with Crippen LogP contribution in [0.5, 0.6) is 5.75 Å². The molecule has 0 aliphatic rings. The van der Waals surface area contributed by atoms with Crippen molar-refractivity contribution in [2.75, 3.05) is 11.1 Å². The molecule has 0 atom stereocenters. The van der Waals surface area contributed by atoms with Crippen LogP contribution < -0.4 is 15.8 Å². The van der Waals surface area contributed by atoms with Crippen LogP contribution in [-0.2, 0) is 6.54 Å². The van der Waals surface area contributed by atoms with Crippen LogP contribution in [0.25, 0.3) is 0 Å². The Labute approximate surface area is 118 Å². The quantitative estimate of drug-likeness (QED) is 0.831. The monoisotopic (exact) mass is 300 g/mol. The first-order chi connectivity index (χ1) is 9.52. The minimum Gasteiger partial charge on any atom is -0.435 e. The Bertz CT molecular complexity index is 577. The summed E-state index contributed by atoms with van der Waals surface area (Å²) in [7, 11) is 0. The van der Waals surface area contributed by atoms with Crippen molar-refractivity contribution < 1.29 is 13.5 Å². The van der Waals surface area contributed by atoms with Gasteiger partial charge < -0.3 is 15.8 Å². The standard InChI is InChI=1S/C12H11ClF2N4O/c13-9-5-10(19-12(16)18-9)17-6-7-2-1-3-8(4-7)20-11(14)15/h1-5,11H,6H2,(H3,16,17,18,19). The number of nitrogens with two attached hydrogens (primary N) is 1. The summed E-state index contributed by atoms with van der Waals surface area (Å²) < 4.78 is 28.5. The molecule has 1 heterocycles. The maximum Gasteiger partial charge on any atom is 0.387 e. The molecule has 0 unspecified atom stereocenters. The van der Waals surface area contributed by atoms with Crippen LogP contribution in [-0.4, -0.2) is 16.6 Å². The molecule has 2 rings (SSSR count). The number of aromatic nitrogens is 2. The zero-order valence-electron chi connectivity index (χ0n) is 10.2. The summed E-state index contributed by atoms with van der Waals surface area (Å²) in [5.41, 5.74) is 6.20. The fraction of sp³-hybridized carbons (Fsp3) is 0.167. The SMILES string of the molecule is Nc1nc(Cl)cc(NCc2cccc(OC(F)F)c2)n1. The summed E-state index contributed by atoms with van der Waals surface area (Å²) in [4.78, 5) is 7.66. The number of hydrogen-bond donors (Lipinski definition) is 2. The molecule has 0 radical (unpaired) electrons. The van der Waals surface area contributed by atoms with Gasteiger partial charge in [0, 0.05) is 12.6 Å². The molecule has 20 heavy (non-hydrogen) atoms. The normalized spacial score (nSPS) is 10.6. The molecule has 5 nitrogen and oxygen atoms in total. The van der Waals surface area contributed by atoms with Gasteiger partial charge in [0.15, 0.2) is 0 Å². The van der Waals surface area contributed by atoms with Crippen LogP contribution in [0, 0.1) is 0 Å². The Kier molecular flexibility index (Phi) is 4.52. The number of nitrogen functional groups attached to an aromatic ring is 1. The first-order valence-corrected chi connectivity index (χ1v) is 5.98. The van der Waals surface area contributed by atoms with E-state index in [9.17, 15) is 8.78 Å². The Balaban J connectivity index is 2.03. The topological polar surface area (TPSA) is 73.1 Å². The zero-order valence-corrected chi connectivity index (χ0v) is 10.9. The third kappa shape index (κ3) is 4.20. The number of nitrogens with zero attached hydrogens (tertiary/aromatic N) is 2. The number of rotatable bonds is 5. The highest BCUT2D eigenvalue weighted by atomic mass is 35.5. The summed E-state index contributed by atoms with van der Waals surface area (Å²) in [6, 6.07) is 7.85. The van der Waals surface area contributed by atoms with Gasteiger partial charge in [0.1, 0.15) is 16.7 Å². The predicted molar refractivity (Wildman–Crippen MR) is 71.9 cm³/mol. The van der Waals surface area contributed by atoms with Crippen LogP contribution in [0.1, 0.15) is 5.56 Å². The summed E-state index contributed by atoms with van der Waals surface area (Å²) in [5.74, 6) is 0.594. The smallest absolute Gasteiger partial charge is 0.387 e. The molecule has 0 amide bonds. The first-order valence-electron chi connectivity index (χ1n) is 5.60. The lowest BCUT2D eigenvalue weighted by atomic mass is 10.2. The predicted octanol–water partition coefficient (Wildman–Crippen LogP) is 2.93. The number of alkyl halides is 2. The maximum absolute atomic E-state index is 12.1. The van der Waals surface area contributed by atoms with Crippen LogP contribution >= 0.6 is 11.6 Å². The molecule has 0 fully saturated rings. The van der Waals surface area contributed by atoms with Gasteiger partial charge in [0.2, 0.25) is 5.95 Å². The van der Waals surface area contributed by atoms with E-state index >= 15 is 0 Å². The Morgan fingerprint density at radius 1 is 1.30 bits per heavy atom. The Morgan fingerprint density at radius 3 is 2.80 bits per heavy atom. The van der Waals surface area contributed by atoms with Crippen LogP contribution in [0.3, 0.4) is 0 Å². The Morgan fingerprint density at radius 2 is 2.10 bits per heavy atom. The van der Waals surface area contributed by atoms with E-state index in [0.29, 0.717) is 12.4 Å². The van der Waals surface area contributed by atoms with Gasteiger partial charge in [-0.15, -0.1) is 0 Å². The van der Waals surface area contributed by atoms with E-state index in [4.69, 9.17) is 17.3 Å². The average Bonchev–Trinajstić information content (AvgIpc) is 2.35. The van der Waals surface area contributed by atoms with Crippen LogP contribution in [0.15, 0.2) is 30.3 Å². The number of benzene rings is 1. The second kappa shape index (κ2) is 6.33. The molecule has 2 aromatic rings. The highest BCUT2D eigenvalue weighted by Crippen LogP contribution is 2.18. The largest absolute Gasteiger partial charge is 0.435 e. The van der Waals surface area contributed by atoms with Crippen molar-refractivity contribution in [2.24, 2.45) is 0 Å². The minimum absolute atomic E-state index is 0.0507. The third-order valence-corrected chi connectivity index (χ3v) is 2.50. The molecule has 0 aliphatic carbocycles. The number of hydrogen-bond acceptors (Lipinski definition) is 5. The number of nitrogens with one attached hydrogen (secondary N) is 1. The van der Waals surface area contributed by atoms with Crippen LogP contribution in [0.2, 0.25) is 5.15 Å². The zero-order chi connectivity index (χ0) is 14.5. The van der Waals surface area contributed by atoms with Gasteiger partial charge in [-0.1, -0.05) is 23.7 Å². The number of anilines is 2. The summed E-state index contributed by atoms with van der Waals surface area (Å²) in [6.45, 7) is -2.49. The lowest BCUT2D eigenvalue weighted by Gasteiger charge is -2.09. The second-order valence-electron chi connectivity index (χ2n) is 3.81. The summed E-state index contributed by atoms with van der Waals surface area (Å²) >= 11 is 5.74. The van der Waals surface area contributed by atoms with Gasteiger partial charge in [-0.2, -0.15) is 13.8 Å². The highest BCUT2D eigenvalue weighted by molar-refractivity contribution is 6.29. The van der Waals surface area contributed by atoms with Gasteiger partial charge in [-0.05, 0) is 17.7 Å². The van der Waals surface area contributed by atoms with E-state index in [2.05, 4.69) is 20.0 Å². The lowest BCUT2D eigenvalue weighted by Crippen LogP contribution is -2.05. The van der Waals surface area contributed by atoms with Gasteiger partial charge in [0.25, 0.3) is 0 Å². The van der Waals surface area contributed by atoms with Gasteiger partial charge in [-0.3, -0.25) is 0 Å². The number of halogens is 3. The highest BCUT2D eigenvalue weighted by Gasteiger charge is 2.05. The molecule has 8 heteroatoms. The second-order valence-corrected chi connectivity index (χ2v) is 4.20. The van der Waals surface area contributed by atoms with Crippen molar-refractivity contribution >= 4 is 23.4 Å². The Hall–Kier alpha value is -2.15. The summed E-state index contributed by atoms with van der Waals surface area (Å²) in [5, 5.41) is 3.18. The van der Waals surface area contributed by atoms with Crippen molar-refractivity contribution in [1.82, 2.24) is 9.97 Å². The molecule has 1 aromatic carbocycles. The van der Waals surface area contributed by atoms with E-state index < -0.39 is 6.61 Å². The van der Waals surface area contributed by atoms with Crippen molar-refractivity contribution in [1.29, 1.82) is 0 Å². The van der Waals surface area contributed by atoms with Crippen molar-refractivity contribution in [3.05, 3.63) is 41.0 Å². The lowest BCUT2D eigenvalue weighted by molar-refractivity contribution is -0.0498. The molecule has 1 aromatic heterocycles. The van der Waals surface area contributed by atoms with E-state index in [1.807, 2.05) is 0 Å². The first kappa shape index (κ1) is 14.3. The molecule has 0 saturated carbocycles. The van der Waals surface area contributed by atoms with E-state index in [-0.39, 0.29) is 16.9 Å². The van der Waals surface area contributed by atoms with Gasteiger partial charge in [-0.25, -0.2) is 4.98 Å². The van der Waals surface area contributed by atoms with Gasteiger partial charge >= 0.3 is 6.61 Å². The fourth-order valence-corrected chi connectivity index (χ4v) is 1.74. The molecule has 0 aliphatic heterocycles. The fourth-order valence-electron chi connectivity index (χ4n) is 1.55. The molecular weight excluding hydrogens is 290 g/mol. The maximum atomic E-state index is 12.1. The van der Waals surface area contributed by atoms with Crippen molar-refractivity contribution in [3.63, 3.8) is 0 Å². The molecule has 3 N–H and O–H groups in total. The number of ether oxygens (including phenoxy) is 1. The van der Waals surface area contributed by atoms with E-state index in [1.54, 1.807) is 12.1 Å². The molecule has 0 saturated heterocycles. The van der Waals surface area contributed by atoms with Gasteiger partial charge in [0.05, 0.1) is 0 Å². The minimum atomic E-state index is -2.85. The molecule has 0 bridgehead atoms. The molecule has 0 spiro atoms. The van der Waals surface area contributed by atoms with E-state index in [1.165, 1.54) is 18.2 Å². The van der Waals surface area contributed by atoms with E-state index in [0.717, 1.165) is 5.56 Å². The van der Waals surface area contributed by atoms with Crippen molar-refractivity contribution in [3.8, 4) is 5.75 Å². The third-order valence-electron chi connectivity index (χ3n) is 2.31.